The summed E-state index contributed by atoms with van der Waals surface area (Å²) in [6, 6.07) is 17.4. The molecule has 0 aromatic heterocycles. The number of ketones is 1. The monoisotopic (exact) mass is 770 g/mol. The molecule has 0 radical (unpaired) electrons. The molecule has 0 bridgehead atoms. The summed E-state index contributed by atoms with van der Waals surface area (Å²) in [6.07, 6.45) is 10.6. The molecule has 0 atom stereocenters. The zero-order valence-corrected chi connectivity index (χ0v) is 35.3. The van der Waals surface area contributed by atoms with E-state index in [-0.39, 0.29) is 39.7 Å². The summed E-state index contributed by atoms with van der Waals surface area (Å²) < 4.78 is 0. The van der Waals surface area contributed by atoms with Crippen molar-refractivity contribution in [3.8, 4) is 0 Å². The SMILES string of the molecule is CC(C)C[P+](Cc1ccc(C(=O)c2ccc(C[P+](CC(C)C)(CC(C)C)CC(C)C)cc2)cc1)(CC(C)C)CC(C)C.[Br-].[Br-]. The summed E-state index contributed by atoms with van der Waals surface area (Å²) in [5.41, 5.74) is 4.46. The second-order valence-electron chi connectivity index (χ2n) is 16.2. The summed E-state index contributed by atoms with van der Waals surface area (Å²) in [7, 11) is -2.23. The fourth-order valence-electron chi connectivity index (χ4n) is 7.95. The Morgan fingerprint density at radius 1 is 0.432 bits per heavy atom. The lowest BCUT2D eigenvalue weighted by Crippen LogP contribution is -3.00. The molecule has 5 heteroatoms. The average Bonchev–Trinajstić information content (AvgIpc) is 2.81. The third kappa shape index (κ3) is 15.2. The van der Waals surface area contributed by atoms with Crippen molar-refractivity contribution in [3.05, 3.63) is 70.8 Å². The maximum absolute atomic E-state index is 13.5. The zero-order chi connectivity index (χ0) is 31.7. The Bertz CT molecular complexity index is 934. The fourth-order valence-corrected chi connectivity index (χ4v) is 20.9. The van der Waals surface area contributed by atoms with Gasteiger partial charge in [0.15, 0.2) is 5.78 Å². The molecule has 2 rings (SSSR count). The highest BCUT2D eigenvalue weighted by Crippen LogP contribution is 2.65. The van der Waals surface area contributed by atoms with Crippen LogP contribution in [-0.4, -0.2) is 42.8 Å². The molecule has 2 aromatic rings. The summed E-state index contributed by atoms with van der Waals surface area (Å²) >= 11 is 0. The van der Waals surface area contributed by atoms with E-state index < -0.39 is 14.5 Å². The van der Waals surface area contributed by atoms with Gasteiger partial charge in [0.05, 0.1) is 49.3 Å². The first-order chi connectivity index (χ1) is 19.5. The van der Waals surface area contributed by atoms with Crippen LogP contribution in [0.2, 0.25) is 0 Å². The lowest BCUT2D eigenvalue weighted by atomic mass is 10.0. The van der Waals surface area contributed by atoms with E-state index in [2.05, 4.69) is 132 Å². The lowest BCUT2D eigenvalue weighted by molar-refractivity contribution is -0.00100. The van der Waals surface area contributed by atoms with Gasteiger partial charge in [0, 0.05) is 25.7 Å². The highest BCUT2D eigenvalue weighted by molar-refractivity contribution is 7.75. The number of rotatable bonds is 18. The van der Waals surface area contributed by atoms with Crippen molar-refractivity contribution in [1.82, 2.24) is 0 Å². The van der Waals surface area contributed by atoms with Crippen LogP contribution in [0.15, 0.2) is 48.5 Å². The van der Waals surface area contributed by atoms with Crippen LogP contribution in [0.5, 0.6) is 0 Å². The van der Waals surface area contributed by atoms with Crippen LogP contribution in [0, 0.1) is 35.5 Å². The normalized spacial score (nSPS) is 12.4. The summed E-state index contributed by atoms with van der Waals surface area (Å²) in [6.45, 7) is 28.7. The van der Waals surface area contributed by atoms with Gasteiger partial charge in [-0.3, -0.25) is 4.79 Å². The average molecular weight is 773 g/mol. The molecule has 1 nitrogen and oxygen atoms in total. The van der Waals surface area contributed by atoms with E-state index in [0.717, 1.165) is 46.6 Å². The summed E-state index contributed by atoms with van der Waals surface area (Å²) in [5, 5.41) is 0. The van der Waals surface area contributed by atoms with Crippen LogP contribution >= 0.6 is 14.5 Å². The van der Waals surface area contributed by atoms with Crippen LogP contribution < -0.4 is 34.0 Å². The van der Waals surface area contributed by atoms with Crippen LogP contribution in [-0.2, 0) is 12.3 Å². The Morgan fingerprint density at radius 2 is 0.636 bits per heavy atom. The molecular formula is C39H66Br2OP2. The quantitative estimate of drug-likeness (QED) is 0.137. The fraction of sp³-hybridized carbons (Fsp3) is 0.667. The van der Waals surface area contributed by atoms with Crippen molar-refractivity contribution in [2.24, 2.45) is 35.5 Å². The van der Waals surface area contributed by atoms with E-state index in [1.807, 2.05) is 0 Å². The van der Waals surface area contributed by atoms with Crippen molar-refractivity contribution in [1.29, 1.82) is 0 Å². The minimum atomic E-state index is -1.12. The van der Waals surface area contributed by atoms with Gasteiger partial charge >= 0.3 is 0 Å². The molecule has 0 unspecified atom stereocenters. The van der Waals surface area contributed by atoms with Crippen molar-refractivity contribution >= 4 is 20.3 Å². The predicted molar refractivity (Wildman–Crippen MR) is 196 cm³/mol. The van der Waals surface area contributed by atoms with Crippen LogP contribution in [0.3, 0.4) is 0 Å². The molecule has 0 saturated heterocycles. The highest BCUT2D eigenvalue weighted by Gasteiger charge is 2.40. The molecule has 0 N–H and O–H groups in total. The van der Waals surface area contributed by atoms with Crippen LogP contribution in [0.4, 0.5) is 0 Å². The molecule has 0 spiro atoms. The molecule has 44 heavy (non-hydrogen) atoms. The van der Waals surface area contributed by atoms with E-state index in [0.29, 0.717) is 0 Å². The van der Waals surface area contributed by atoms with Crippen molar-refractivity contribution in [2.45, 2.75) is 95.4 Å². The second kappa shape index (κ2) is 20.3. The Morgan fingerprint density at radius 3 is 0.818 bits per heavy atom. The van der Waals surface area contributed by atoms with E-state index in [1.54, 1.807) is 0 Å². The van der Waals surface area contributed by atoms with Crippen molar-refractivity contribution in [3.63, 3.8) is 0 Å². The van der Waals surface area contributed by atoms with E-state index >= 15 is 0 Å². The van der Waals surface area contributed by atoms with Gasteiger partial charge < -0.3 is 34.0 Å². The number of hydrogen-bond donors (Lipinski definition) is 0. The first-order valence-electron chi connectivity index (χ1n) is 17.0. The Kier molecular flexibility index (Phi) is 20.3. The van der Waals surface area contributed by atoms with E-state index in [1.165, 1.54) is 60.4 Å². The molecular weight excluding hydrogens is 706 g/mol. The third-order valence-corrected chi connectivity index (χ3v) is 19.1. The number of benzene rings is 2. The molecule has 2 aromatic carbocycles. The third-order valence-electron chi connectivity index (χ3n) is 7.98. The van der Waals surface area contributed by atoms with Gasteiger partial charge in [0.2, 0.25) is 0 Å². The van der Waals surface area contributed by atoms with Crippen molar-refractivity contribution in [2.75, 3.05) is 37.0 Å². The molecule has 0 aliphatic carbocycles. The van der Waals surface area contributed by atoms with Gasteiger partial charge in [-0.1, -0.05) is 132 Å². The van der Waals surface area contributed by atoms with Crippen molar-refractivity contribution < 1.29 is 38.8 Å². The first-order valence-corrected chi connectivity index (χ1v) is 22.0. The maximum atomic E-state index is 13.5. The minimum absolute atomic E-state index is 0. The molecule has 0 aliphatic heterocycles. The second-order valence-corrected chi connectivity index (χ2v) is 24.4. The lowest BCUT2D eigenvalue weighted by Gasteiger charge is -2.32. The molecule has 0 fully saturated rings. The first kappa shape index (κ1) is 43.9. The number of halogens is 2. The maximum Gasteiger partial charge on any atom is 0.193 e. The summed E-state index contributed by atoms with van der Waals surface area (Å²) in [4.78, 5) is 13.5. The van der Waals surface area contributed by atoms with Gasteiger partial charge in [-0.25, -0.2) is 0 Å². The highest BCUT2D eigenvalue weighted by atomic mass is 79.9. The number of carbonyl (C=O) groups is 1. The predicted octanol–water partition coefficient (Wildman–Crippen LogP) is 5.90. The number of hydrogen-bond acceptors (Lipinski definition) is 1. The van der Waals surface area contributed by atoms with E-state index in [4.69, 9.17) is 0 Å². The Balaban J connectivity index is 0.00000924. The molecule has 0 saturated carbocycles. The molecule has 0 heterocycles. The zero-order valence-electron chi connectivity index (χ0n) is 30.3. The molecule has 252 valence electrons. The van der Waals surface area contributed by atoms with Gasteiger partial charge in [0.25, 0.3) is 0 Å². The standard InChI is InChI=1S/C39H66OP2.2BrH/c1-29(2)21-41(22-30(3)4,23-31(5)6)27-35-13-17-37(18-14-35)39(40)38-19-15-36(16-20-38)28-42(24-32(7)8,25-33(9)10)26-34(11)12;;/h13-20,29-34H,21-28H2,1-12H3;2*1H/q+2;;/p-2. The molecule has 0 amide bonds. The Labute approximate surface area is 296 Å². The van der Waals surface area contributed by atoms with Gasteiger partial charge in [-0.15, -0.1) is 0 Å². The topological polar surface area (TPSA) is 17.1 Å². The number of carbonyl (C=O) groups excluding carboxylic acids is 1. The molecule has 0 aliphatic rings. The van der Waals surface area contributed by atoms with Gasteiger partial charge in [0.1, 0.15) is 0 Å². The van der Waals surface area contributed by atoms with Gasteiger partial charge in [-0.2, -0.15) is 0 Å². The van der Waals surface area contributed by atoms with Crippen LogP contribution in [0.1, 0.15) is 110 Å². The van der Waals surface area contributed by atoms with Crippen LogP contribution in [0.25, 0.3) is 0 Å². The minimum Gasteiger partial charge on any atom is -1.00 e. The smallest absolute Gasteiger partial charge is 0.193 e. The summed E-state index contributed by atoms with van der Waals surface area (Å²) in [5.74, 6) is 4.52. The largest absolute Gasteiger partial charge is 1.00 e. The van der Waals surface area contributed by atoms with E-state index in [9.17, 15) is 4.79 Å². The van der Waals surface area contributed by atoms with Gasteiger partial charge in [-0.05, 0) is 46.6 Å². The Hall–Kier alpha value is -0.0700.